The van der Waals surface area contributed by atoms with Gasteiger partial charge in [-0.05, 0) is 48.1 Å². The number of aryl methyl sites for hydroxylation is 1. The highest BCUT2D eigenvalue weighted by molar-refractivity contribution is 7.10. The van der Waals surface area contributed by atoms with Crippen molar-refractivity contribution in [2.45, 2.75) is 38.6 Å². The molecule has 31 heavy (non-hydrogen) atoms. The van der Waals surface area contributed by atoms with Crippen LogP contribution in [0.25, 0.3) is 0 Å². The highest BCUT2D eigenvalue weighted by atomic mass is 32.1. The van der Waals surface area contributed by atoms with Crippen LogP contribution in [0.5, 0.6) is 0 Å². The van der Waals surface area contributed by atoms with Crippen LogP contribution in [0.4, 0.5) is 0 Å². The highest BCUT2D eigenvalue weighted by Crippen LogP contribution is 2.38. The molecule has 1 atom stereocenters. The Morgan fingerprint density at radius 3 is 2.74 bits per heavy atom. The van der Waals surface area contributed by atoms with Gasteiger partial charge < -0.3 is 10.2 Å². The summed E-state index contributed by atoms with van der Waals surface area (Å²) in [6.45, 7) is 3.28. The van der Waals surface area contributed by atoms with Crippen molar-refractivity contribution < 1.29 is 9.59 Å². The number of hydrogen-bond acceptors (Lipinski definition) is 4. The molecule has 0 spiro atoms. The SMILES string of the molecule is Cc1ccc(C2c3ccsc3CCN2C(=O)CCC(=O)NCCc2ccccn2)cc1. The average molecular weight is 434 g/mol. The molecule has 0 saturated carbocycles. The third kappa shape index (κ3) is 5.20. The van der Waals surface area contributed by atoms with Gasteiger partial charge in [-0.25, -0.2) is 0 Å². The van der Waals surface area contributed by atoms with E-state index in [0.717, 1.165) is 17.7 Å². The Bertz CT molecular complexity index is 1030. The number of aromatic nitrogens is 1. The van der Waals surface area contributed by atoms with Crippen molar-refractivity contribution in [3.8, 4) is 0 Å². The maximum atomic E-state index is 13.1. The lowest BCUT2D eigenvalue weighted by Gasteiger charge is -2.36. The van der Waals surface area contributed by atoms with E-state index in [1.165, 1.54) is 16.0 Å². The molecule has 3 heterocycles. The molecule has 5 nitrogen and oxygen atoms in total. The second kappa shape index (κ2) is 9.88. The van der Waals surface area contributed by atoms with Gasteiger partial charge in [-0.15, -0.1) is 11.3 Å². The van der Waals surface area contributed by atoms with Crippen LogP contribution in [0, 0.1) is 6.92 Å². The quantitative estimate of drug-likeness (QED) is 0.611. The van der Waals surface area contributed by atoms with E-state index in [1.54, 1.807) is 17.5 Å². The van der Waals surface area contributed by atoms with E-state index in [1.807, 2.05) is 23.1 Å². The Morgan fingerprint density at radius 1 is 1.13 bits per heavy atom. The first kappa shape index (κ1) is 21.2. The fourth-order valence-corrected chi connectivity index (χ4v) is 4.93. The third-order valence-corrected chi connectivity index (χ3v) is 6.67. The average Bonchev–Trinajstić information content (AvgIpc) is 3.27. The molecule has 1 N–H and O–H groups in total. The van der Waals surface area contributed by atoms with Crippen LogP contribution >= 0.6 is 11.3 Å². The van der Waals surface area contributed by atoms with Crippen LogP contribution in [0.2, 0.25) is 0 Å². The predicted molar refractivity (Wildman–Crippen MR) is 123 cm³/mol. The van der Waals surface area contributed by atoms with Crippen molar-refractivity contribution in [1.29, 1.82) is 0 Å². The van der Waals surface area contributed by atoms with Crippen molar-refractivity contribution in [2.24, 2.45) is 0 Å². The summed E-state index contributed by atoms with van der Waals surface area (Å²) in [5.74, 6) is -0.0632. The second-order valence-corrected chi connectivity index (χ2v) is 8.87. The van der Waals surface area contributed by atoms with Crippen molar-refractivity contribution in [1.82, 2.24) is 15.2 Å². The summed E-state index contributed by atoms with van der Waals surface area (Å²) in [5.41, 5.74) is 4.48. The Hall–Kier alpha value is -2.99. The monoisotopic (exact) mass is 433 g/mol. The van der Waals surface area contributed by atoms with E-state index >= 15 is 0 Å². The minimum absolute atomic E-state index is 0.0299. The van der Waals surface area contributed by atoms with Crippen molar-refractivity contribution in [2.75, 3.05) is 13.1 Å². The van der Waals surface area contributed by atoms with Crippen LogP contribution in [-0.2, 0) is 22.4 Å². The molecule has 4 rings (SSSR count). The number of nitrogens with one attached hydrogen (secondary N) is 1. The number of carbonyl (C=O) groups excluding carboxylic acids is 2. The van der Waals surface area contributed by atoms with Gasteiger partial charge >= 0.3 is 0 Å². The van der Waals surface area contributed by atoms with E-state index in [2.05, 4.69) is 52.9 Å². The van der Waals surface area contributed by atoms with E-state index in [0.29, 0.717) is 19.5 Å². The summed E-state index contributed by atoms with van der Waals surface area (Å²) in [4.78, 5) is 32.9. The van der Waals surface area contributed by atoms with Gasteiger partial charge in [0.25, 0.3) is 0 Å². The number of amides is 2. The molecule has 0 saturated heterocycles. The summed E-state index contributed by atoms with van der Waals surface area (Å²) in [5, 5.41) is 5.01. The lowest BCUT2D eigenvalue weighted by molar-refractivity contribution is -0.135. The van der Waals surface area contributed by atoms with Gasteiger partial charge in [0.05, 0.1) is 6.04 Å². The summed E-state index contributed by atoms with van der Waals surface area (Å²) < 4.78 is 0. The fraction of sp³-hybridized carbons (Fsp3) is 0.320. The Labute approximate surface area is 187 Å². The van der Waals surface area contributed by atoms with Gasteiger partial charge in [0.1, 0.15) is 0 Å². The molecule has 1 aromatic carbocycles. The third-order valence-electron chi connectivity index (χ3n) is 5.67. The smallest absolute Gasteiger partial charge is 0.223 e. The lowest BCUT2D eigenvalue weighted by Crippen LogP contribution is -2.40. The fourth-order valence-electron chi connectivity index (χ4n) is 4.02. The first-order valence-corrected chi connectivity index (χ1v) is 11.6. The molecule has 0 radical (unpaired) electrons. The number of rotatable bonds is 7. The molecule has 0 bridgehead atoms. The van der Waals surface area contributed by atoms with E-state index in [-0.39, 0.29) is 30.7 Å². The number of fused-ring (bicyclic) bond motifs is 1. The van der Waals surface area contributed by atoms with Crippen LogP contribution in [0.3, 0.4) is 0 Å². The largest absolute Gasteiger partial charge is 0.356 e. The predicted octanol–water partition coefficient (Wildman–Crippen LogP) is 4.06. The molecular formula is C25H27N3O2S. The number of hydrogen-bond donors (Lipinski definition) is 1. The molecule has 2 aromatic heterocycles. The van der Waals surface area contributed by atoms with Crippen molar-refractivity contribution in [3.05, 3.63) is 87.4 Å². The number of carbonyl (C=O) groups is 2. The minimum Gasteiger partial charge on any atom is -0.356 e. The first-order chi connectivity index (χ1) is 15.1. The van der Waals surface area contributed by atoms with Crippen molar-refractivity contribution >= 4 is 23.2 Å². The van der Waals surface area contributed by atoms with Crippen LogP contribution in [0.15, 0.2) is 60.1 Å². The standard InChI is InChI=1S/C25H27N3O2S/c1-18-5-7-19(8-6-18)25-21-13-17-31-22(21)12-16-28(25)24(30)10-9-23(29)27-15-11-20-4-2-3-14-26-20/h2-8,13-14,17,25H,9-12,15-16H2,1H3,(H,27,29). The summed E-state index contributed by atoms with van der Waals surface area (Å²) in [6.07, 6.45) is 3.73. The number of nitrogens with zero attached hydrogens (tertiary/aromatic N) is 2. The molecular weight excluding hydrogens is 406 g/mol. The lowest BCUT2D eigenvalue weighted by atomic mass is 9.92. The van der Waals surface area contributed by atoms with Crippen molar-refractivity contribution in [3.63, 3.8) is 0 Å². The number of benzene rings is 1. The highest BCUT2D eigenvalue weighted by Gasteiger charge is 2.32. The summed E-state index contributed by atoms with van der Waals surface area (Å²) in [6, 6.07) is 16.2. The first-order valence-electron chi connectivity index (χ1n) is 10.7. The molecule has 6 heteroatoms. The van der Waals surface area contributed by atoms with Crippen LogP contribution in [-0.4, -0.2) is 34.8 Å². The van der Waals surface area contributed by atoms with E-state index in [4.69, 9.17) is 0 Å². The zero-order chi connectivity index (χ0) is 21.6. The second-order valence-electron chi connectivity index (χ2n) is 7.87. The Balaban J connectivity index is 1.36. The normalized spacial score (nSPS) is 15.4. The molecule has 1 unspecified atom stereocenters. The van der Waals surface area contributed by atoms with Crippen LogP contribution in [0.1, 0.15) is 46.1 Å². The maximum Gasteiger partial charge on any atom is 0.223 e. The van der Waals surface area contributed by atoms with Gasteiger partial charge in [0, 0.05) is 49.1 Å². The minimum atomic E-state index is -0.0931. The Morgan fingerprint density at radius 2 is 1.97 bits per heavy atom. The van der Waals surface area contributed by atoms with Gasteiger partial charge in [0.15, 0.2) is 0 Å². The molecule has 1 aliphatic heterocycles. The topological polar surface area (TPSA) is 62.3 Å². The molecule has 160 valence electrons. The van der Waals surface area contributed by atoms with Crippen LogP contribution < -0.4 is 5.32 Å². The van der Waals surface area contributed by atoms with Gasteiger partial charge in [-0.3, -0.25) is 14.6 Å². The molecule has 0 fully saturated rings. The number of thiophene rings is 1. The molecule has 0 aliphatic carbocycles. The van der Waals surface area contributed by atoms with E-state index in [9.17, 15) is 9.59 Å². The summed E-state index contributed by atoms with van der Waals surface area (Å²) >= 11 is 1.76. The maximum absolute atomic E-state index is 13.1. The number of pyridine rings is 1. The van der Waals surface area contributed by atoms with Gasteiger partial charge in [0.2, 0.25) is 11.8 Å². The Kier molecular flexibility index (Phi) is 6.77. The van der Waals surface area contributed by atoms with E-state index < -0.39 is 0 Å². The molecule has 2 amide bonds. The van der Waals surface area contributed by atoms with Gasteiger partial charge in [-0.1, -0.05) is 35.9 Å². The van der Waals surface area contributed by atoms with Gasteiger partial charge in [-0.2, -0.15) is 0 Å². The zero-order valence-electron chi connectivity index (χ0n) is 17.7. The summed E-state index contributed by atoms with van der Waals surface area (Å²) in [7, 11) is 0. The zero-order valence-corrected chi connectivity index (χ0v) is 18.5. The molecule has 1 aliphatic rings. The molecule has 3 aromatic rings.